The van der Waals surface area contributed by atoms with Crippen molar-refractivity contribution in [3.63, 3.8) is 0 Å². The van der Waals surface area contributed by atoms with E-state index in [-0.39, 0.29) is 5.91 Å². The van der Waals surface area contributed by atoms with E-state index in [9.17, 15) is 14.3 Å². The molecule has 5 nitrogen and oxygen atoms in total. The maximum atomic E-state index is 12.8. The second-order valence-electron chi connectivity index (χ2n) is 4.46. The Morgan fingerprint density at radius 2 is 1.89 bits per heavy atom. The summed E-state index contributed by atoms with van der Waals surface area (Å²) in [7, 11) is 0. The summed E-state index contributed by atoms with van der Waals surface area (Å²) in [6, 6.07) is 4.25. The van der Waals surface area contributed by atoms with E-state index in [2.05, 4.69) is 0 Å². The van der Waals surface area contributed by atoms with Gasteiger partial charge in [0.2, 0.25) is 5.91 Å². The summed E-state index contributed by atoms with van der Waals surface area (Å²) in [6.07, 6.45) is -1.14. The van der Waals surface area contributed by atoms with E-state index in [0.29, 0.717) is 31.9 Å². The fourth-order valence-electron chi connectivity index (χ4n) is 2.00. The van der Waals surface area contributed by atoms with Crippen LogP contribution in [-0.2, 0) is 9.53 Å². The molecule has 3 N–H and O–H groups in total. The van der Waals surface area contributed by atoms with Gasteiger partial charge in [-0.05, 0) is 17.7 Å². The van der Waals surface area contributed by atoms with Crippen LogP contribution in [0.2, 0.25) is 0 Å². The summed E-state index contributed by atoms with van der Waals surface area (Å²) >= 11 is 0. The minimum atomic E-state index is -1.14. The second kappa shape index (κ2) is 6.10. The zero-order valence-electron chi connectivity index (χ0n) is 10.5. The first-order valence-electron chi connectivity index (χ1n) is 6.15. The monoisotopic (exact) mass is 268 g/mol. The van der Waals surface area contributed by atoms with Gasteiger partial charge in [0.1, 0.15) is 18.0 Å². The Morgan fingerprint density at radius 1 is 1.32 bits per heavy atom. The molecule has 0 saturated carbocycles. The SMILES string of the molecule is N[C@@H](C(=O)N1CCOCC1)[C@@H](O)c1ccc(F)cc1. The molecule has 0 spiro atoms. The number of hydrogen-bond acceptors (Lipinski definition) is 4. The Bertz CT molecular complexity index is 432. The summed E-state index contributed by atoms with van der Waals surface area (Å²) in [5.41, 5.74) is 6.21. The minimum absolute atomic E-state index is 0.319. The van der Waals surface area contributed by atoms with Crippen molar-refractivity contribution < 1.29 is 19.0 Å². The summed E-state index contributed by atoms with van der Waals surface area (Å²) in [5.74, 6) is -0.718. The maximum Gasteiger partial charge on any atom is 0.242 e. The second-order valence-corrected chi connectivity index (χ2v) is 4.46. The van der Waals surface area contributed by atoms with Crippen molar-refractivity contribution in [2.75, 3.05) is 26.3 Å². The summed E-state index contributed by atoms with van der Waals surface area (Å²) in [5, 5.41) is 10.1. The van der Waals surface area contributed by atoms with Crippen LogP contribution in [0.25, 0.3) is 0 Å². The first-order chi connectivity index (χ1) is 9.09. The smallest absolute Gasteiger partial charge is 0.242 e. The average Bonchev–Trinajstić information content (AvgIpc) is 2.46. The third-order valence-electron chi connectivity index (χ3n) is 3.16. The van der Waals surface area contributed by atoms with Crippen molar-refractivity contribution in [1.82, 2.24) is 4.90 Å². The number of ether oxygens (including phenoxy) is 1. The van der Waals surface area contributed by atoms with Crippen molar-refractivity contribution in [1.29, 1.82) is 0 Å². The molecular weight excluding hydrogens is 251 g/mol. The lowest BCUT2D eigenvalue weighted by Crippen LogP contribution is -2.50. The third-order valence-corrected chi connectivity index (χ3v) is 3.16. The normalized spacial score (nSPS) is 19.0. The van der Waals surface area contributed by atoms with E-state index in [1.54, 1.807) is 4.90 Å². The number of aliphatic hydroxyl groups is 1. The quantitative estimate of drug-likeness (QED) is 0.812. The maximum absolute atomic E-state index is 12.8. The first kappa shape index (κ1) is 13.9. The number of nitrogens with two attached hydrogens (primary N) is 1. The van der Waals surface area contributed by atoms with Gasteiger partial charge in [-0.2, -0.15) is 0 Å². The number of halogens is 1. The van der Waals surface area contributed by atoms with E-state index in [0.717, 1.165) is 0 Å². The highest BCUT2D eigenvalue weighted by Crippen LogP contribution is 2.18. The van der Waals surface area contributed by atoms with Crippen LogP contribution in [0.1, 0.15) is 11.7 Å². The summed E-state index contributed by atoms with van der Waals surface area (Å²) in [6.45, 7) is 1.90. The number of aliphatic hydroxyl groups excluding tert-OH is 1. The number of amides is 1. The molecule has 1 heterocycles. The van der Waals surface area contributed by atoms with Gasteiger partial charge in [0, 0.05) is 13.1 Å². The van der Waals surface area contributed by atoms with Gasteiger partial charge in [0.05, 0.1) is 13.2 Å². The molecule has 1 aliphatic rings. The zero-order chi connectivity index (χ0) is 13.8. The molecule has 1 aromatic carbocycles. The number of hydrogen-bond donors (Lipinski definition) is 2. The highest BCUT2D eigenvalue weighted by molar-refractivity contribution is 5.82. The number of carbonyl (C=O) groups is 1. The van der Waals surface area contributed by atoms with Gasteiger partial charge in [-0.25, -0.2) is 4.39 Å². The van der Waals surface area contributed by atoms with Crippen LogP contribution >= 0.6 is 0 Å². The van der Waals surface area contributed by atoms with Crippen LogP contribution in [0.15, 0.2) is 24.3 Å². The van der Waals surface area contributed by atoms with Crippen LogP contribution in [0, 0.1) is 5.82 Å². The van der Waals surface area contributed by atoms with Crippen molar-refractivity contribution in [2.45, 2.75) is 12.1 Å². The lowest BCUT2D eigenvalue weighted by molar-refractivity contribution is -0.139. The Kier molecular flexibility index (Phi) is 4.47. The molecule has 104 valence electrons. The van der Waals surface area contributed by atoms with E-state index in [1.807, 2.05) is 0 Å². The lowest BCUT2D eigenvalue weighted by atomic mass is 10.0. The Morgan fingerprint density at radius 3 is 2.47 bits per heavy atom. The molecule has 0 aromatic heterocycles. The molecule has 0 bridgehead atoms. The standard InChI is InChI=1S/C13H17FN2O3/c14-10-3-1-9(2-4-10)12(17)11(15)13(18)16-5-7-19-8-6-16/h1-4,11-12,17H,5-8,15H2/t11-,12+/m1/s1. The van der Waals surface area contributed by atoms with Crippen molar-refractivity contribution >= 4 is 5.91 Å². The predicted octanol–water partition coefficient (Wildman–Crippen LogP) is 0.0452. The van der Waals surface area contributed by atoms with E-state index >= 15 is 0 Å². The molecular formula is C13H17FN2O3. The van der Waals surface area contributed by atoms with Crippen molar-refractivity contribution in [3.05, 3.63) is 35.6 Å². The van der Waals surface area contributed by atoms with Gasteiger partial charge >= 0.3 is 0 Å². The molecule has 19 heavy (non-hydrogen) atoms. The molecule has 1 amide bonds. The Balaban J connectivity index is 2.03. The summed E-state index contributed by atoms with van der Waals surface area (Å²) in [4.78, 5) is 13.7. The number of morpholine rings is 1. The molecule has 0 unspecified atom stereocenters. The number of rotatable bonds is 3. The molecule has 1 aliphatic heterocycles. The molecule has 1 saturated heterocycles. The molecule has 2 rings (SSSR count). The average molecular weight is 268 g/mol. The van der Waals surface area contributed by atoms with Crippen LogP contribution in [0.5, 0.6) is 0 Å². The third kappa shape index (κ3) is 3.28. The van der Waals surface area contributed by atoms with Crippen LogP contribution in [-0.4, -0.2) is 48.3 Å². The Labute approximate surface area is 110 Å². The van der Waals surface area contributed by atoms with Gasteiger partial charge in [-0.15, -0.1) is 0 Å². The molecule has 1 fully saturated rings. The summed E-state index contributed by atoms with van der Waals surface area (Å²) < 4.78 is 17.9. The topological polar surface area (TPSA) is 75.8 Å². The fourth-order valence-corrected chi connectivity index (χ4v) is 2.00. The van der Waals surface area contributed by atoms with Crippen LogP contribution in [0.4, 0.5) is 4.39 Å². The zero-order valence-corrected chi connectivity index (χ0v) is 10.5. The molecule has 0 radical (unpaired) electrons. The molecule has 2 atom stereocenters. The Hall–Kier alpha value is -1.50. The van der Waals surface area contributed by atoms with Crippen LogP contribution < -0.4 is 5.73 Å². The highest BCUT2D eigenvalue weighted by atomic mass is 19.1. The van der Waals surface area contributed by atoms with Gasteiger partial charge in [0.25, 0.3) is 0 Å². The van der Waals surface area contributed by atoms with Gasteiger partial charge < -0.3 is 20.5 Å². The fraction of sp³-hybridized carbons (Fsp3) is 0.462. The molecule has 1 aromatic rings. The van der Waals surface area contributed by atoms with Crippen LogP contribution in [0.3, 0.4) is 0 Å². The molecule has 0 aliphatic carbocycles. The number of benzene rings is 1. The highest BCUT2D eigenvalue weighted by Gasteiger charge is 2.29. The van der Waals surface area contributed by atoms with Gasteiger partial charge in [-0.3, -0.25) is 4.79 Å². The van der Waals surface area contributed by atoms with Crippen molar-refractivity contribution in [2.24, 2.45) is 5.73 Å². The largest absolute Gasteiger partial charge is 0.386 e. The lowest BCUT2D eigenvalue weighted by Gasteiger charge is -2.30. The first-order valence-corrected chi connectivity index (χ1v) is 6.15. The van der Waals surface area contributed by atoms with E-state index < -0.39 is 18.0 Å². The number of nitrogens with zero attached hydrogens (tertiary/aromatic N) is 1. The van der Waals surface area contributed by atoms with E-state index in [4.69, 9.17) is 10.5 Å². The minimum Gasteiger partial charge on any atom is -0.386 e. The van der Waals surface area contributed by atoms with Gasteiger partial charge in [0.15, 0.2) is 0 Å². The molecule has 6 heteroatoms. The van der Waals surface area contributed by atoms with Crippen molar-refractivity contribution in [3.8, 4) is 0 Å². The number of carbonyl (C=O) groups excluding carboxylic acids is 1. The van der Waals surface area contributed by atoms with Gasteiger partial charge in [-0.1, -0.05) is 12.1 Å². The predicted molar refractivity (Wildman–Crippen MR) is 66.7 cm³/mol. The van der Waals surface area contributed by atoms with E-state index in [1.165, 1.54) is 24.3 Å².